The summed E-state index contributed by atoms with van der Waals surface area (Å²) in [5.74, 6) is 0. The first-order chi connectivity index (χ1) is 7.09. The van der Waals surface area contributed by atoms with Crippen molar-refractivity contribution in [1.82, 2.24) is 9.78 Å². The molecule has 1 N–H and O–H groups in total. The van der Waals surface area contributed by atoms with Gasteiger partial charge in [-0.3, -0.25) is 4.68 Å². The van der Waals surface area contributed by atoms with Crippen molar-refractivity contribution in [2.75, 3.05) is 0 Å². The van der Waals surface area contributed by atoms with Crippen LogP contribution in [0.1, 0.15) is 12.5 Å². The number of aliphatic hydroxyl groups excluding tert-OH is 1. The number of rotatable bonds is 2. The van der Waals surface area contributed by atoms with Crippen molar-refractivity contribution in [2.24, 2.45) is 7.05 Å². The predicted octanol–water partition coefficient (Wildman–Crippen LogP) is 2.15. The summed E-state index contributed by atoms with van der Waals surface area (Å²) in [5, 5.41) is 15.0. The molecular formula is C11H13ClN2O. The average molecular weight is 225 g/mol. The van der Waals surface area contributed by atoms with Crippen molar-refractivity contribution >= 4 is 22.5 Å². The Morgan fingerprint density at radius 2 is 2.27 bits per heavy atom. The zero-order chi connectivity index (χ0) is 11.0. The Morgan fingerprint density at radius 1 is 1.53 bits per heavy atom. The molecule has 1 aromatic heterocycles. The number of nitrogens with zero attached hydrogens (tertiary/aromatic N) is 2. The molecule has 80 valence electrons. The van der Waals surface area contributed by atoms with Gasteiger partial charge in [0.05, 0.1) is 11.6 Å². The second kappa shape index (κ2) is 3.83. The van der Waals surface area contributed by atoms with E-state index in [1.54, 1.807) is 11.6 Å². The molecule has 0 fully saturated rings. The van der Waals surface area contributed by atoms with Gasteiger partial charge in [0, 0.05) is 12.4 Å². The summed E-state index contributed by atoms with van der Waals surface area (Å²) in [6.07, 6.45) is 0.231. The highest BCUT2D eigenvalue weighted by atomic mass is 35.5. The molecule has 1 heterocycles. The van der Waals surface area contributed by atoms with E-state index in [9.17, 15) is 5.11 Å². The van der Waals surface area contributed by atoms with Gasteiger partial charge < -0.3 is 5.11 Å². The number of aromatic nitrogens is 2. The number of halogens is 1. The lowest BCUT2D eigenvalue weighted by molar-refractivity contribution is 0.196. The van der Waals surface area contributed by atoms with Gasteiger partial charge in [0.2, 0.25) is 0 Å². The minimum atomic E-state index is -0.369. The molecule has 1 aromatic carbocycles. The lowest BCUT2D eigenvalue weighted by atomic mass is 10.0. The Labute approximate surface area is 93.3 Å². The summed E-state index contributed by atoms with van der Waals surface area (Å²) < 4.78 is 1.75. The molecule has 2 aromatic rings. The van der Waals surface area contributed by atoms with E-state index in [2.05, 4.69) is 5.10 Å². The van der Waals surface area contributed by atoms with Crippen molar-refractivity contribution in [3.63, 3.8) is 0 Å². The average Bonchev–Trinajstić information content (AvgIpc) is 2.43. The third kappa shape index (κ3) is 1.85. The van der Waals surface area contributed by atoms with Crippen LogP contribution in [0.2, 0.25) is 5.15 Å². The van der Waals surface area contributed by atoms with Crippen LogP contribution in [-0.4, -0.2) is 21.0 Å². The first-order valence-corrected chi connectivity index (χ1v) is 5.25. The zero-order valence-electron chi connectivity index (χ0n) is 8.74. The van der Waals surface area contributed by atoms with Crippen LogP contribution in [0.5, 0.6) is 0 Å². The predicted molar refractivity (Wildman–Crippen MR) is 61.1 cm³/mol. The van der Waals surface area contributed by atoms with E-state index < -0.39 is 0 Å². The molecule has 0 saturated carbocycles. The molecule has 0 bridgehead atoms. The normalized spacial score (nSPS) is 13.3. The lowest BCUT2D eigenvalue weighted by Crippen LogP contribution is -2.04. The molecule has 1 unspecified atom stereocenters. The first-order valence-electron chi connectivity index (χ1n) is 4.87. The van der Waals surface area contributed by atoms with Crippen molar-refractivity contribution in [1.29, 1.82) is 0 Å². The fraction of sp³-hybridized carbons (Fsp3) is 0.364. The molecule has 0 radical (unpaired) electrons. The summed E-state index contributed by atoms with van der Waals surface area (Å²) in [7, 11) is 1.86. The van der Waals surface area contributed by atoms with E-state index in [-0.39, 0.29) is 6.10 Å². The van der Waals surface area contributed by atoms with E-state index in [0.29, 0.717) is 11.6 Å². The number of aryl methyl sites for hydroxylation is 1. The van der Waals surface area contributed by atoms with Crippen LogP contribution in [0, 0.1) is 0 Å². The minimum absolute atomic E-state index is 0.369. The topological polar surface area (TPSA) is 38.1 Å². The fourth-order valence-electron chi connectivity index (χ4n) is 1.82. The Hall–Kier alpha value is -1.06. The van der Waals surface area contributed by atoms with Gasteiger partial charge in [0.25, 0.3) is 0 Å². The third-order valence-electron chi connectivity index (χ3n) is 2.44. The molecule has 4 heteroatoms. The van der Waals surface area contributed by atoms with Gasteiger partial charge in [0.1, 0.15) is 0 Å². The van der Waals surface area contributed by atoms with Gasteiger partial charge in [-0.15, -0.1) is 0 Å². The Balaban J connectivity index is 2.64. The second-order valence-electron chi connectivity index (χ2n) is 3.78. The molecular weight excluding hydrogens is 212 g/mol. The maximum atomic E-state index is 9.39. The Morgan fingerprint density at radius 3 is 2.93 bits per heavy atom. The van der Waals surface area contributed by atoms with Crippen molar-refractivity contribution in [3.8, 4) is 0 Å². The zero-order valence-corrected chi connectivity index (χ0v) is 9.49. The van der Waals surface area contributed by atoms with E-state index in [1.807, 2.05) is 25.2 Å². The highest BCUT2D eigenvalue weighted by molar-refractivity contribution is 6.34. The van der Waals surface area contributed by atoms with Crippen LogP contribution in [0.25, 0.3) is 10.9 Å². The molecule has 0 aliphatic heterocycles. The van der Waals surface area contributed by atoms with Crippen LogP contribution >= 0.6 is 11.6 Å². The van der Waals surface area contributed by atoms with Crippen LogP contribution in [-0.2, 0) is 13.5 Å². The minimum Gasteiger partial charge on any atom is -0.393 e. The second-order valence-corrected chi connectivity index (χ2v) is 4.14. The van der Waals surface area contributed by atoms with Gasteiger partial charge in [-0.2, -0.15) is 5.10 Å². The summed E-state index contributed by atoms with van der Waals surface area (Å²) >= 11 is 6.05. The van der Waals surface area contributed by atoms with Gasteiger partial charge >= 0.3 is 0 Å². The van der Waals surface area contributed by atoms with E-state index in [4.69, 9.17) is 11.6 Å². The van der Waals surface area contributed by atoms with Gasteiger partial charge in [-0.1, -0.05) is 23.7 Å². The molecule has 3 nitrogen and oxygen atoms in total. The van der Waals surface area contributed by atoms with Crippen LogP contribution in [0.4, 0.5) is 0 Å². The monoisotopic (exact) mass is 224 g/mol. The largest absolute Gasteiger partial charge is 0.393 e. The lowest BCUT2D eigenvalue weighted by Gasteiger charge is -2.05. The maximum absolute atomic E-state index is 9.39. The summed E-state index contributed by atoms with van der Waals surface area (Å²) in [6, 6.07) is 5.90. The first kappa shape index (κ1) is 10.5. The van der Waals surface area contributed by atoms with Crippen molar-refractivity contribution in [2.45, 2.75) is 19.4 Å². The summed E-state index contributed by atoms with van der Waals surface area (Å²) in [4.78, 5) is 0. The van der Waals surface area contributed by atoms with Crippen LogP contribution < -0.4 is 0 Å². The fourth-order valence-corrected chi connectivity index (χ4v) is 2.15. The highest BCUT2D eigenvalue weighted by Crippen LogP contribution is 2.26. The number of hydrogen-bond donors (Lipinski definition) is 1. The van der Waals surface area contributed by atoms with Crippen LogP contribution in [0.15, 0.2) is 18.2 Å². The van der Waals surface area contributed by atoms with Gasteiger partial charge in [-0.25, -0.2) is 0 Å². The SMILES string of the molecule is CC(O)Cc1cccc2c1c(Cl)nn2C. The standard InChI is InChI=1S/C11H13ClN2O/c1-7(15)6-8-4-3-5-9-10(8)11(12)13-14(9)2/h3-5,7,15H,6H2,1-2H3. The van der Waals surface area contributed by atoms with Gasteiger partial charge in [0.15, 0.2) is 5.15 Å². The number of aliphatic hydroxyl groups is 1. The molecule has 2 rings (SSSR count). The molecule has 1 atom stereocenters. The van der Waals surface area contributed by atoms with Crippen molar-refractivity contribution in [3.05, 3.63) is 28.9 Å². The number of fused-ring (bicyclic) bond motifs is 1. The quantitative estimate of drug-likeness (QED) is 0.849. The summed E-state index contributed by atoms with van der Waals surface area (Å²) in [5.41, 5.74) is 2.04. The maximum Gasteiger partial charge on any atom is 0.159 e. The summed E-state index contributed by atoms with van der Waals surface area (Å²) in [6.45, 7) is 1.77. The highest BCUT2D eigenvalue weighted by Gasteiger charge is 2.11. The molecule has 0 spiro atoms. The molecule has 0 saturated heterocycles. The van der Waals surface area contributed by atoms with Gasteiger partial charge in [-0.05, 0) is 25.0 Å². The Kier molecular flexibility index (Phi) is 2.67. The smallest absolute Gasteiger partial charge is 0.159 e. The van der Waals surface area contributed by atoms with E-state index in [1.165, 1.54) is 0 Å². The van der Waals surface area contributed by atoms with E-state index >= 15 is 0 Å². The van der Waals surface area contributed by atoms with Crippen LogP contribution in [0.3, 0.4) is 0 Å². The molecule has 15 heavy (non-hydrogen) atoms. The molecule has 0 aliphatic rings. The molecule has 0 amide bonds. The Bertz CT molecular complexity index is 491. The molecule has 0 aliphatic carbocycles. The van der Waals surface area contributed by atoms with Crippen molar-refractivity contribution < 1.29 is 5.11 Å². The number of hydrogen-bond acceptors (Lipinski definition) is 2. The van der Waals surface area contributed by atoms with E-state index in [0.717, 1.165) is 16.5 Å². The third-order valence-corrected chi connectivity index (χ3v) is 2.70. The number of benzene rings is 1.